The maximum Gasteiger partial charge on any atom is 0.261 e. The van der Waals surface area contributed by atoms with Crippen LogP contribution in [0.4, 0.5) is 0 Å². The molecule has 1 fully saturated rings. The first-order valence-corrected chi connectivity index (χ1v) is 9.29. The fourth-order valence-corrected chi connectivity index (χ4v) is 3.63. The number of benzene rings is 2. The Morgan fingerprint density at radius 2 is 2.00 bits per heavy atom. The minimum absolute atomic E-state index is 0.0995. The number of hydrogen-bond donors (Lipinski definition) is 0. The Hall–Kier alpha value is -2.91. The van der Waals surface area contributed by atoms with Crippen LogP contribution in [0.25, 0.3) is 0 Å². The fraction of sp³-hybridized carbons (Fsp3) is 0.333. The van der Waals surface area contributed by atoms with Gasteiger partial charge in [0.2, 0.25) is 0 Å². The molecule has 28 heavy (non-hydrogen) atoms. The van der Waals surface area contributed by atoms with Gasteiger partial charge in [-0.15, -0.1) is 0 Å². The summed E-state index contributed by atoms with van der Waals surface area (Å²) >= 11 is 6.12. The summed E-state index contributed by atoms with van der Waals surface area (Å²) in [4.78, 5) is 14.6. The summed E-state index contributed by atoms with van der Waals surface area (Å²) in [6.07, 6.45) is 1.74. The molecule has 1 saturated heterocycles. The van der Waals surface area contributed by atoms with E-state index in [1.165, 1.54) is 6.07 Å². The lowest BCUT2D eigenvalue weighted by molar-refractivity contribution is -0.134. The Bertz CT molecular complexity index is 910. The average molecular weight is 401 g/mol. The van der Waals surface area contributed by atoms with Gasteiger partial charge in [0.05, 0.1) is 36.9 Å². The molecule has 2 aromatic rings. The molecule has 0 bridgehead atoms. The summed E-state index contributed by atoms with van der Waals surface area (Å²) in [7, 11) is 3.22. The number of carbonyl (C=O) groups excluding carboxylic acids is 1. The molecule has 3 rings (SSSR count). The summed E-state index contributed by atoms with van der Waals surface area (Å²) in [6, 6.07) is 12.2. The summed E-state index contributed by atoms with van der Waals surface area (Å²) in [5, 5.41) is 9.21. The minimum Gasteiger partial charge on any atom is -0.497 e. The van der Waals surface area contributed by atoms with Gasteiger partial charge in [-0.2, -0.15) is 5.26 Å². The number of methoxy groups -OCH3 is 2. The van der Waals surface area contributed by atoms with Gasteiger partial charge in [0.15, 0.2) is 6.61 Å². The van der Waals surface area contributed by atoms with E-state index in [4.69, 9.17) is 31.1 Å². The third-order valence-electron chi connectivity index (χ3n) is 4.78. The van der Waals surface area contributed by atoms with Crippen LogP contribution in [0.3, 0.4) is 0 Å². The highest BCUT2D eigenvalue weighted by molar-refractivity contribution is 6.32. The van der Waals surface area contributed by atoms with Crippen LogP contribution in [-0.2, 0) is 4.79 Å². The highest BCUT2D eigenvalue weighted by Crippen LogP contribution is 2.39. The van der Waals surface area contributed by atoms with Gasteiger partial charge >= 0.3 is 0 Å². The Balaban J connectivity index is 1.74. The number of rotatable bonds is 6. The first-order valence-electron chi connectivity index (χ1n) is 8.91. The number of ether oxygens (including phenoxy) is 3. The number of nitrogens with zero attached hydrogens (tertiary/aromatic N) is 2. The molecule has 0 saturated carbocycles. The lowest BCUT2D eigenvalue weighted by atomic mass is 10.0. The van der Waals surface area contributed by atoms with Gasteiger partial charge in [-0.3, -0.25) is 4.79 Å². The first-order chi connectivity index (χ1) is 13.6. The molecule has 0 aliphatic carbocycles. The van der Waals surface area contributed by atoms with Crippen LogP contribution in [0.15, 0.2) is 36.4 Å². The van der Waals surface area contributed by atoms with Gasteiger partial charge in [-0.05, 0) is 49.2 Å². The van der Waals surface area contributed by atoms with Crippen molar-refractivity contribution in [3.8, 4) is 23.3 Å². The average Bonchev–Trinajstić information content (AvgIpc) is 3.21. The van der Waals surface area contributed by atoms with E-state index in [2.05, 4.69) is 0 Å². The molecule has 7 heteroatoms. The van der Waals surface area contributed by atoms with Crippen molar-refractivity contribution in [2.24, 2.45) is 0 Å². The van der Waals surface area contributed by atoms with Crippen molar-refractivity contribution in [1.29, 1.82) is 5.26 Å². The molecular formula is C21H21ClN2O4. The third kappa shape index (κ3) is 4.15. The van der Waals surface area contributed by atoms with Crippen molar-refractivity contribution in [1.82, 2.24) is 4.90 Å². The summed E-state index contributed by atoms with van der Waals surface area (Å²) in [5.41, 5.74) is 1.36. The van der Waals surface area contributed by atoms with E-state index in [0.717, 1.165) is 29.9 Å². The van der Waals surface area contributed by atoms with Gasteiger partial charge in [0, 0.05) is 12.1 Å². The van der Waals surface area contributed by atoms with Crippen LogP contribution in [0, 0.1) is 11.3 Å². The molecule has 1 aliphatic rings. The zero-order chi connectivity index (χ0) is 20.1. The molecule has 146 valence electrons. The van der Waals surface area contributed by atoms with E-state index in [0.29, 0.717) is 22.9 Å². The predicted octanol–water partition coefficient (Wildman–Crippen LogP) is 3.97. The fourth-order valence-electron chi connectivity index (χ4n) is 3.40. The van der Waals surface area contributed by atoms with Crippen molar-refractivity contribution >= 4 is 17.5 Å². The molecule has 0 unspecified atom stereocenters. The van der Waals surface area contributed by atoms with E-state index >= 15 is 0 Å². The molecule has 0 aromatic heterocycles. The maximum absolute atomic E-state index is 12.8. The molecule has 2 aromatic carbocycles. The van der Waals surface area contributed by atoms with Gasteiger partial charge in [0.25, 0.3) is 5.91 Å². The number of likely N-dealkylation sites (tertiary alicyclic amines) is 1. The maximum atomic E-state index is 12.8. The van der Waals surface area contributed by atoms with Crippen LogP contribution < -0.4 is 14.2 Å². The van der Waals surface area contributed by atoms with Gasteiger partial charge in [-0.1, -0.05) is 11.6 Å². The molecule has 0 N–H and O–H groups in total. The Morgan fingerprint density at radius 3 is 2.68 bits per heavy atom. The SMILES string of the molecule is COc1ccc(OC)c([C@H]2CCCN2C(=O)COc2ccc(C#N)cc2Cl)c1. The Morgan fingerprint density at radius 1 is 1.21 bits per heavy atom. The lowest BCUT2D eigenvalue weighted by Gasteiger charge is -2.26. The van der Waals surface area contributed by atoms with E-state index in [1.54, 1.807) is 31.3 Å². The van der Waals surface area contributed by atoms with Crippen molar-refractivity contribution in [2.45, 2.75) is 18.9 Å². The second-order valence-corrected chi connectivity index (χ2v) is 6.81. The number of amides is 1. The molecule has 6 nitrogen and oxygen atoms in total. The molecule has 0 spiro atoms. The quantitative estimate of drug-likeness (QED) is 0.733. The molecule has 1 amide bonds. The van der Waals surface area contributed by atoms with Gasteiger partial charge in [0.1, 0.15) is 17.2 Å². The highest BCUT2D eigenvalue weighted by atomic mass is 35.5. The second kappa shape index (κ2) is 8.85. The largest absolute Gasteiger partial charge is 0.497 e. The van der Waals surface area contributed by atoms with E-state index in [1.807, 2.05) is 24.3 Å². The van der Waals surface area contributed by atoms with Crippen LogP contribution in [0.2, 0.25) is 5.02 Å². The minimum atomic E-state index is -0.132. The van der Waals surface area contributed by atoms with E-state index in [-0.39, 0.29) is 18.6 Å². The van der Waals surface area contributed by atoms with Crippen LogP contribution >= 0.6 is 11.6 Å². The summed E-state index contributed by atoms with van der Waals surface area (Å²) < 4.78 is 16.4. The number of carbonyl (C=O) groups is 1. The van der Waals surface area contributed by atoms with Crippen LogP contribution in [0.5, 0.6) is 17.2 Å². The molecular weight excluding hydrogens is 380 g/mol. The topological polar surface area (TPSA) is 71.8 Å². The predicted molar refractivity (Wildman–Crippen MR) is 105 cm³/mol. The van der Waals surface area contributed by atoms with E-state index < -0.39 is 0 Å². The smallest absolute Gasteiger partial charge is 0.261 e. The van der Waals surface area contributed by atoms with Crippen molar-refractivity contribution in [2.75, 3.05) is 27.4 Å². The number of hydrogen-bond acceptors (Lipinski definition) is 5. The first kappa shape index (κ1) is 19.8. The zero-order valence-corrected chi connectivity index (χ0v) is 16.5. The number of halogens is 1. The highest BCUT2D eigenvalue weighted by Gasteiger charge is 2.32. The molecule has 0 radical (unpaired) electrons. The summed E-state index contributed by atoms with van der Waals surface area (Å²) in [5.74, 6) is 1.69. The molecule has 1 heterocycles. The van der Waals surface area contributed by atoms with Crippen LogP contribution in [0.1, 0.15) is 30.0 Å². The second-order valence-electron chi connectivity index (χ2n) is 6.40. The summed E-state index contributed by atoms with van der Waals surface area (Å²) in [6.45, 7) is 0.517. The monoisotopic (exact) mass is 400 g/mol. The van der Waals surface area contributed by atoms with Crippen molar-refractivity contribution < 1.29 is 19.0 Å². The third-order valence-corrected chi connectivity index (χ3v) is 5.08. The number of nitriles is 1. The Labute approximate surface area is 169 Å². The Kier molecular flexibility index (Phi) is 6.27. The standard InChI is InChI=1S/C21H21ClN2O4/c1-26-15-6-8-19(27-2)16(11-15)18-4-3-9-24(18)21(25)13-28-20-7-5-14(12-23)10-17(20)22/h5-8,10-11,18H,3-4,9,13H2,1-2H3/t18-/m1/s1. The van der Waals surface area contributed by atoms with Crippen LogP contribution in [-0.4, -0.2) is 38.2 Å². The molecule has 1 aliphatic heterocycles. The van der Waals surface area contributed by atoms with Gasteiger partial charge in [-0.25, -0.2) is 0 Å². The normalized spacial score (nSPS) is 15.8. The lowest BCUT2D eigenvalue weighted by Crippen LogP contribution is -2.34. The van der Waals surface area contributed by atoms with Gasteiger partial charge < -0.3 is 19.1 Å². The van der Waals surface area contributed by atoms with Crippen molar-refractivity contribution in [3.63, 3.8) is 0 Å². The molecule has 1 atom stereocenters. The van der Waals surface area contributed by atoms with E-state index in [9.17, 15) is 4.79 Å². The van der Waals surface area contributed by atoms with Crippen molar-refractivity contribution in [3.05, 3.63) is 52.5 Å². The zero-order valence-electron chi connectivity index (χ0n) is 15.8.